The molecule has 0 aromatic heterocycles. The summed E-state index contributed by atoms with van der Waals surface area (Å²) in [5, 5.41) is 6.41. The van der Waals surface area contributed by atoms with Crippen molar-refractivity contribution < 1.29 is 4.79 Å². The van der Waals surface area contributed by atoms with Crippen molar-refractivity contribution in [2.45, 2.75) is 44.2 Å². The minimum Gasteiger partial charge on any atom is -0.355 e. The standard InChI is InChI=1S/C15H20N2O/c18-15-8-7-14(10-17-15)16-9-11-1-3-12(4-2-11)13-5-6-13/h1-4,13-14,16H,5-10H2,(H,17,18). The lowest BCUT2D eigenvalue weighted by atomic mass is 10.1. The lowest BCUT2D eigenvalue weighted by Crippen LogP contribution is -2.45. The van der Waals surface area contributed by atoms with Gasteiger partial charge in [-0.15, -0.1) is 0 Å². The Morgan fingerprint density at radius 3 is 2.56 bits per heavy atom. The van der Waals surface area contributed by atoms with Gasteiger partial charge in [0.2, 0.25) is 5.91 Å². The van der Waals surface area contributed by atoms with E-state index in [9.17, 15) is 4.79 Å². The third kappa shape index (κ3) is 2.91. The van der Waals surface area contributed by atoms with Gasteiger partial charge in [0.25, 0.3) is 0 Å². The van der Waals surface area contributed by atoms with E-state index in [-0.39, 0.29) is 5.91 Å². The van der Waals surface area contributed by atoms with Gasteiger partial charge in [-0.1, -0.05) is 24.3 Å². The molecule has 1 aromatic carbocycles. The van der Waals surface area contributed by atoms with Crippen LogP contribution in [-0.4, -0.2) is 18.5 Å². The van der Waals surface area contributed by atoms with Crippen LogP contribution in [0.5, 0.6) is 0 Å². The minimum absolute atomic E-state index is 0.182. The van der Waals surface area contributed by atoms with E-state index in [1.54, 1.807) is 0 Å². The predicted octanol–water partition coefficient (Wildman–Crippen LogP) is 1.93. The Kier molecular flexibility index (Phi) is 3.33. The fourth-order valence-electron chi connectivity index (χ4n) is 2.49. The van der Waals surface area contributed by atoms with Crippen LogP contribution in [0, 0.1) is 0 Å². The number of carbonyl (C=O) groups excluding carboxylic acids is 1. The molecule has 96 valence electrons. The molecule has 2 aliphatic rings. The highest BCUT2D eigenvalue weighted by Gasteiger charge is 2.23. The molecular weight excluding hydrogens is 224 g/mol. The lowest BCUT2D eigenvalue weighted by molar-refractivity contribution is -0.122. The van der Waals surface area contributed by atoms with Crippen molar-refractivity contribution in [3.05, 3.63) is 35.4 Å². The highest BCUT2D eigenvalue weighted by molar-refractivity contribution is 5.76. The molecule has 2 N–H and O–H groups in total. The first kappa shape index (κ1) is 11.7. The van der Waals surface area contributed by atoms with E-state index < -0.39 is 0 Å². The summed E-state index contributed by atoms with van der Waals surface area (Å²) in [6, 6.07) is 9.39. The summed E-state index contributed by atoms with van der Waals surface area (Å²) >= 11 is 0. The van der Waals surface area contributed by atoms with Crippen molar-refractivity contribution in [1.29, 1.82) is 0 Å². The first-order valence-corrected chi connectivity index (χ1v) is 6.90. The SMILES string of the molecule is O=C1CCC(NCc2ccc(C3CC3)cc2)CN1. The summed E-state index contributed by atoms with van der Waals surface area (Å²) in [6.45, 7) is 1.66. The lowest BCUT2D eigenvalue weighted by Gasteiger charge is -2.23. The second-order valence-corrected chi connectivity index (χ2v) is 5.44. The van der Waals surface area contributed by atoms with Gasteiger partial charge in [-0.3, -0.25) is 4.79 Å². The molecule has 1 aromatic rings. The van der Waals surface area contributed by atoms with E-state index in [1.165, 1.54) is 24.0 Å². The Balaban J connectivity index is 1.48. The smallest absolute Gasteiger partial charge is 0.220 e. The average Bonchev–Trinajstić information content (AvgIpc) is 3.23. The Hall–Kier alpha value is -1.35. The topological polar surface area (TPSA) is 41.1 Å². The van der Waals surface area contributed by atoms with Gasteiger partial charge in [0.1, 0.15) is 0 Å². The molecule has 1 amide bonds. The van der Waals surface area contributed by atoms with Crippen LogP contribution in [0.25, 0.3) is 0 Å². The number of rotatable bonds is 4. The van der Waals surface area contributed by atoms with Crippen molar-refractivity contribution in [2.75, 3.05) is 6.54 Å². The maximum Gasteiger partial charge on any atom is 0.220 e. The van der Waals surface area contributed by atoms with Crippen molar-refractivity contribution in [3.63, 3.8) is 0 Å². The van der Waals surface area contributed by atoms with Crippen LogP contribution >= 0.6 is 0 Å². The number of hydrogen-bond acceptors (Lipinski definition) is 2. The van der Waals surface area contributed by atoms with Crippen LogP contribution in [0.1, 0.15) is 42.7 Å². The van der Waals surface area contributed by atoms with Gasteiger partial charge in [-0.2, -0.15) is 0 Å². The average molecular weight is 244 g/mol. The van der Waals surface area contributed by atoms with E-state index in [0.717, 1.165) is 25.4 Å². The fourth-order valence-corrected chi connectivity index (χ4v) is 2.49. The molecule has 2 fully saturated rings. The second-order valence-electron chi connectivity index (χ2n) is 5.44. The Bertz CT molecular complexity index is 413. The zero-order valence-electron chi connectivity index (χ0n) is 10.6. The van der Waals surface area contributed by atoms with Gasteiger partial charge >= 0.3 is 0 Å². The van der Waals surface area contributed by atoms with E-state index in [0.29, 0.717) is 12.5 Å². The third-order valence-corrected chi connectivity index (χ3v) is 3.89. The molecule has 1 saturated heterocycles. The van der Waals surface area contributed by atoms with E-state index in [1.807, 2.05) is 0 Å². The molecule has 3 nitrogen and oxygen atoms in total. The first-order valence-electron chi connectivity index (χ1n) is 6.90. The van der Waals surface area contributed by atoms with Crippen molar-refractivity contribution in [2.24, 2.45) is 0 Å². The molecule has 18 heavy (non-hydrogen) atoms. The molecule has 0 bridgehead atoms. The van der Waals surface area contributed by atoms with Crippen LogP contribution in [0.2, 0.25) is 0 Å². The molecule has 3 heteroatoms. The zero-order valence-corrected chi connectivity index (χ0v) is 10.6. The summed E-state index contributed by atoms with van der Waals surface area (Å²) < 4.78 is 0. The molecule has 1 aliphatic carbocycles. The summed E-state index contributed by atoms with van der Waals surface area (Å²) in [6.07, 6.45) is 4.32. The maximum atomic E-state index is 11.1. The van der Waals surface area contributed by atoms with Gasteiger partial charge < -0.3 is 10.6 Å². The normalized spacial score (nSPS) is 23.8. The molecule has 0 spiro atoms. The highest BCUT2D eigenvalue weighted by Crippen LogP contribution is 2.39. The summed E-state index contributed by atoms with van der Waals surface area (Å²) in [5.74, 6) is 1.02. The number of piperidine rings is 1. The van der Waals surface area contributed by atoms with Gasteiger partial charge in [-0.25, -0.2) is 0 Å². The molecule has 1 heterocycles. The molecule has 1 atom stereocenters. The summed E-state index contributed by atoms with van der Waals surface area (Å²) in [7, 11) is 0. The number of amides is 1. The minimum atomic E-state index is 0.182. The number of nitrogens with one attached hydrogen (secondary N) is 2. The van der Waals surface area contributed by atoms with Crippen LogP contribution in [0.15, 0.2) is 24.3 Å². The number of benzene rings is 1. The third-order valence-electron chi connectivity index (χ3n) is 3.89. The van der Waals surface area contributed by atoms with Crippen LogP contribution in [0.3, 0.4) is 0 Å². The molecule has 1 saturated carbocycles. The maximum absolute atomic E-state index is 11.1. The van der Waals surface area contributed by atoms with Gasteiger partial charge in [0.15, 0.2) is 0 Å². The van der Waals surface area contributed by atoms with Crippen molar-refractivity contribution in [1.82, 2.24) is 10.6 Å². The predicted molar refractivity (Wildman–Crippen MR) is 71.3 cm³/mol. The van der Waals surface area contributed by atoms with E-state index in [2.05, 4.69) is 34.9 Å². The second kappa shape index (κ2) is 5.11. The molecule has 1 unspecified atom stereocenters. The van der Waals surface area contributed by atoms with Crippen LogP contribution < -0.4 is 10.6 Å². The number of carbonyl (C=O) groups is 1. The largest absolute Gasteiger partial charge is 0.355 e. The molecule has 1 aliphatic heterocycles. The summed E-state index contributed by atoms with van der Waals surface area (Å²) in [5.41, 5.74) is 2.82. The fraction of sp³-hybridized carbons (Fsp3) is 0.533. The van der Waals surface area contributed by atoms with Gasteiger partial charge in [-0.05, 0) is 36.3 Å². The number of hydrogen-bond donors (Lipinski definition) is 2. The van der Waals surface area contributed by atoms with Gasteiger partial charge in [0, 0.05) is 25.6 Å². The van der Waals surface area contributed by atoms with Crippen molar-refractivity contribution >= 4 is 5.91 Å². The van der Waals surface area contributed by atoms with Crippen LogP contribution in [0.4, 0.5) is 0 Å². The molecule has 0 radical (unpaired) electrons. The van der Waals surface area contributed by atoms with E-state index in [4.69, 9.17) is 0 Å². The quantitative estimate of drug-likeness (QED) is 0.849. The molecule has 3 rings (SSSR count). The Labute approximate surface area is 108 Å². The van der Waals surface area contributed by atoms with Crippen molar-refractivity contribution in [3.8, 4) is 0 Å². The highest BCUT2D eigenvalue weighted by atomic mass is 16.1. The molecular formula is C15H20N2O. The Morgan fingerprint density at radius 1 is 1.17 bits per heavy atom. The van der Waals surface area contributed by atoms with Crippen LogP contribution in [-0.2, 0) is 11.3 Å². The van der Waals surface area contributed by atoms with E-state index >= 15 is 0 Å². The van der Waals surface area contributed by atoms with Gasteiger partial charge in [0.05, 0.1) is 0 Å². The monoisotopic (exact) mass is 244 g/mol. The Morgan fingerprint density at radius 2 is 1.94 bits per heavy atom. The zero-order chi connectivity index (χ0) is 12.4. The summed E-state index contributed by atoms with van der Waals surface area (Å²) in [4.78, 5) is 11.1. The first-order chi connectivity index (χ1) is 8.81.